The van der Waals surface area contributed by atoms with Gasteiger partial charge < -0.3 is 10.6 Å². The van der Waals surface area contributed by atoms with Crippen LogP contribution in [0, 0.1) is 5.92 Å². The van der Waals surface area contributed by atoms with Crippen LogP contribution in [0.3, 0.4) is 0 Å². The van der Waals surface area contributed by atoms with Crippen molar-refractivity contribution in [3.05, 3.63) is 24.3 Å². The van der Waals surface area contributed by atoms with Gasteiger partial charge in [0, 0.05) is 18.2 Å². The molecule has 2 aliphatic rings. The van der Waals surface area contributed by atoms with E-state index in [9.17, 15) is 13.2 Å². The molecule has 1 aliphatic carbocycles. The summed E-state index contributed by atoms with van der Waals surface area (Å²) in [6, 6.07) is 6.45. The maximum Gasteiger partial charge on any atom is 0.240 e. The molecule has 1 aromatic carbocycles. The van der Waals surface area contributed by atoms with E-state index in [1.807, 2.05) is 0 Å². The molecule has 2 fully saturated rings. The van der Waals surface area contributed by atoms with Crippen LogP contribution in [0.5, 0.6) is 0 Å². The van der Waals surface area contributed by atoms with Crippen molar-refractivity contribution in [3.8, 4) is 0 Å². The SMILES string of the molecule is O=C(CC1CNC1)Nc1cccc(S(=O)(=O)NC2CC2)c1. The number of carbonyl (C=O) groups is 1. The van der Waals surface area contributed by atoms with Crippen molar-refractivity contribution in [1.29, 1.82) is 0 Å². The first-order valence-electron chi connectivity index (χ1n) is 7.16. The molecule has 21 heavy (non-hydrogen) atoms. The van der Waals surface area contributed by atoms with E-state index in [4.69, 9.17) is 0 Å². The Morgan fingerprint density at radius 1 is 1.29 bits per heavy atom. The lowest BCUT2D eigenvalue weighted by Crippen LogP contribution is -2.43. The Morgan fingerprint density at radius 3 is 2.67 bits per heavy atom. The molecule has 114 valence electrons. The minimum Gasteiger partial charge on any atom is -0.326 e. The molecule has 6 nitrogen and oxygen atoms in total. The second kappa shape index (κ2) is 5.75. The number of carbonyl (C=O) groups excluding carboxylic acids is 1. The predicted octanol–water partition coefficient (Wildman–Crippen LogP) is 0.675. The van der Waals surface area contributed by atoms with Crippen molar-refractivity contribution in [2.75, 3.05) is 18.4 Å². The topological polar surface area (TPSA) is 87.3 Å². The van der Waals surface area contributed by atoms with Gasteiger partial charge in [0.15, 0.2) is 0 Å². The second-order valence-electron chi connectivity index (χ2n) is 5.70. The first-order chi connectivity index (χ1) is 10.0. The van der Waals surface area contributed by atoms with Gasteiger partial charge >= 0.3 is 0 Å². The Balaban J connectivity index is 1.65. The normalized spacial score (nSPS) is 19.0. The van der Waals surface area contributed by atoms with Gasteiger partial charge in [0.05, 0.1) is 4.90 Å². The molecule has 0 spiro atoms. The molecule has 0 atom stereocenters. The third kappa shape index (κ3) is 3.81. The highest BCUT2D eigenvalue weighted by Gasteiger charge is 2.28. The lowest BCUT2D eigenvalue weighted by atomic mass is 9.99. The van der Waals surface area contributed by atoms with Crippen molar-refractivity contribution >= 4 is 21.6 Å². The van der Waals surface area contributed by atoms with Gasteiger partial charge in [-0.1, -0.05) is 6.07 Å². The maximum atomic E-state index is 12.1. The summed E-state index contributed by atoms with van der Waals surface area (Å²) >= 11 is 0. The highest BCUT2D eigenvalue weighted by Crippen LogP contribution is 2.23. The standard InChI is InChI=1S/C14H19N3O3S/c18-14(6-10-8-15-9-10)16-12-2-1-3-13(7-12)21(19,20)17-11-4-5-11/h1-3,7,10-11,15,17H,4-6,8-9H2,(H,16,18). The smallest absolute Gasteiger partial charge is 0.240 e. The van der Waals surface area contributed by atoms with Crippen LogP contribution in [0.2, 0.25) is 0 Å². The first-order valence-corrected chi connectivity index (χ1v) is 8.64. The molecule has 7 heteroatoms. The average molecular weight is 309 g/mol. The predicted molar refractivity (Wildman–Crippen MR) is 79.4 cm³/mol. The minimum atomic E-state index is -3.48. The fourth-order valence-corrected chi connectivity index (χ4v) is 3.55. The molecule has 0 radical (unpaired) electrons. The molecule has 1 heterocycles. The van der Waals surface area contributed by atoms with Crippen LogP contribution < -0.4 is 15.4 Å². The average Bonchev–Trinajstić information content (AvgIpc) is 3.17. The molecule has 3 rings (SSSR count). The number of hydrogen-bond acceptors (Lipinski definition) is 4. The van der Waals surface area contributed by atoms with E-state index in [-0.39, 0.29) is 16.8 Å². The maximum absolute atomic E-state index is 12.1. The number of rotatable bonds is 6. The molecule has 1 saturated carbocycles. The van der Waals surface area contributed by atoms with Gasteiger partial charge in [-0.3, -0.25) is 4.79 Å². The molecule has 0 bridgehead atoms. The Bertz CT molecular complexity index is 637. The summed E-state index contributed by atoms with van der Waals surface area (Å²) in [4.78, 5) is 12.1. The van der Waals surface area contributed by atoms with Crippen LogP contribution in [-0.2, 0) is 14.8 Å². The summed E-state index contributed by atoms with van der Waals surface area (Å²) in [6.07, 6.45) is 2.25. The molecular weight excluding hydrogens is 290 g/mol. The van der Waals surface area contributed by atoms with E-state index in [1.54, 1.807) is 12.1 Å². The van der Waals surface area contributed by atoms with Crippen molar-refractivity contribution in [2.45, 2.75) is 30.2 Å². The van der Waals surface area contributed by atoms with Crippen LogP contribution >= 0.6 is 0 Å². The summed E-state index contributed by atoms with van der Waals surface area (Å²) in [7, 11) is -3.48. The van der Waals surface area contributed by atoms with E-state index in [1.165, 1.54) is 12.1 Å². The fraction of sp³-hybridized carbons (Fsp3) is 0.500. The lowest BCUT2D eigenvalue weighted by Gasteiger charge is -2.26. The van der Waals surface area contributed by atoms with Gasteiger partial charge in [-0.25, -0.2) is 13.1 Å². The van der Waals surface area contributed by atoms with Crippen LogP contribution in [-0.4, -0.2) is 33.5 Å². The Morgan fingerprint density at radius 2 is 2.05 bits per heavy atom. The summed E-state index contributed by atoms with van der Waals surface area (Å²) in [5, 5.41) is 5.88. The number of nitrogens with one attached hydrogen (secondary N) is 3. The van der Waals surface area contributed by atoms with E-state index in [2.05, 4.69) is 15.4 Å². The monoisotopic (exact) mass is 309 g/mol. The Kier molecular flexibility index (Phi) is 3.97. The number of amides is 1. The van der Waals surface area contributed by atoms with Crippen molar-refractivity contribution < 1.29 is 13.2 Å². The van der Waals surface area contributed by atoms with Crippen molar-refractivity contribution in [1.82, 2.24) is 10.0 Å². The van der Waals surface area contributed by atoms with Gasteiger partial charge in [-0.05, 0) is 50.0 Å². The quantitative estimate of drug-likeness (QED) is 0.721. The number of benzene rings is 1. The summed E-state index contributed by atoms with van der Waals surface area (Å²) in [5.74, 6) is 0.305. The van der Waals surface area contributed by atoms with E-state index >= 15 is 0 Å². The van der Waals surface area contributed by atoms with Crippen LogP contribution in [0.4, 0.5) is 5.69 Å². The fourth-order valence-electron chi connectivity index (χ4n) is 2.20. The van der Waals surface area contributed by atoms with E-state index in [0.717, 1.165) is 25.9 Å². The molecule has 1 saturated heterocycles. The van der Waals surface area contributed by atoms with Crippen molar-refractivity contribution in [3.63, 3.8) is 0 Å². The highest BCUT2D eigenvalue weighted by atomic mass is 32.2. The third-order valence-corrected chi connectivity index (χ3v) is 5.19. The summed E-state index contributed by atoms with van der Waals surface area (Å²) in [6.45, 7) is 1.74. The molecule has 0 aromatic heterocycles. The zero-order chi connectivity index (χ0) is 14.9. The van der Waals surface area contributed by atoms with Gasteiger partial charge in [0.2, 0.25) is 15.9 Å². The zero-order valence-electron chi connectivity index (χ0n) is 11.6. The molecular formula is C14H19N3O3S. The number of hydrogen-bond donors (Lipinski definition) is 3. The second-order valence-corrected chi connectivity index (χ2v) is 7.41. The molecule has 3 N–H and O–H groups in total. The van der Waals surface area contributed by atoms with Gasteiger partial charge in [-0.15, -0.1) is 0 Å². The molecule has 1 aromatic rings. The largest absolute Gasteiger partial charge is 0.326 e. The third-order valence-electron chi connectivity index (χ3n) is 3.67. The van der Waals surface area contributed by atoms with Crippen LogP contribution in [0.15, 0.2) is 29.2 Å². The van der Waals surface area contributed by atoms with Crippen LogP contribution in [0.1, 0.15) is 19.3 Å². The molecule has 0 unspecified atom stereocenters. The van der Waals surface area contributed by atoms with Gasteiger partial charge in [0.1, 0.15) is 0 Å². The van der Waals surface area contributed by atoms with Gasteiger partial charge in [-0.2, -0.15) is 0 Å². The first kappa shape index (κ1) is 14.5. The molecule has 1 amide bonds. The zero-order valence-corrected chi connectivity index (χ0v) is 12.4. The Hall–Kier alpha value is -1.44. The Labute approximate surface area is 124 Å². The van der Waals surface area contributed by atoms with E-state index < -0.39 is 10.0 Å². The van der Waals surface area contributed by atoms with Crippen molar-refractivity contribution in [2.24, 2.45) is 5.92 Å². The van der Waals surface area contributed by atoms with Gasteiger partial charge in [0.25, 0.3) is 0 Å². The van der Waals surface area contributed by atoms with E-state index in [0.29, 0.717) is 18.0 Å². The summed E-state index contributed by atoms with van der Waals surface area (Å²) < 4.78 is 26.9. The summed E-state index contributed by atoms with van der Waals surface area (Å²) in [5.41, 5.74) is 0.519. The minimum absolute atomic E-state index is 0.0689. The number of anilines is 1. The van der Waals surface area contributed by atoms with Crippen LogP contribution in [0.25, 0.3) is 0 Å². The number of sulfonamides is 1. The molecule has 1 aliphatic heterocycles. The lowest BCUT2D eigenvalue weighted by molar-refractivity contribution is -0.117. The highest BCUT2D eigenvalue weighted by molar-refractivity contribution is 7.89.